The Morgan fingerprint density at radius 3 is 2.84 bits per heavy atom. The average Bonchev–Trinajstić information content (AvgIpc) is 3.13. The van der Waals surface area contributed by atoms with Crippen molar-refractivity contribution in [3.05, 3.63) is 59.0 Å². The van der Waals surface area contributed by atoms with Gasteiger partial charge in [-0.25, -0.2) is 14.2 Å². The van der Waals surface area contributed by atoms with Gasteiger partial charge in [-0.15, -0.1) is 0 Å². The molecule has 0 fully saturated rings. The molecule has 0 atom stereocenters. The van der Waals surface area contributed by atoms with E-state index < -0.39 is 17.8 Å². The van der Waals surface area contributed by atoms with Gasteiger partial charge in [0.15, 0.2) is 5.82 Å². The van der Waals surface area contributed by atoms with E-state index in [2.05, 4.69) is 25.9 Å². The number of rotatable bonds is 8. The summed E-state index contributed by atoms with van der Waals surface area (Å²) in [7, 11) is 2.98. The lowest BCUT2D eigenvalue weighted by Gasteiger charge is -2.21. The van der Waals surface area contributed by atoms with Crippen LogP contribution in [0.2, 0.25) is 5.02 Å². The molecule has 1 aliphatic rings. The van der Waals surface area contributed by atoms with Gasteiger partial charge in [-0.1, -0.05) is 17.7 Å². The number of carbonyl (C=O) groups excluding carboxylic acids is 2. The van der Waals surface area contributed by atoms with Crippen molar-refractivity contribution in [1.82, 2.24) is 15.3 Å². The number of benzene rings is 2. The largest absolute Gasteiger partial charge is 0.491 e. The summed E-state index contributed by atoms with van der Waals surface area (Å²) in [5, 5.41) is 8.44. The quantitative estimate of drug-likeness (QED) is 0.351. The van der Waals surface area contributed by atoms with Crippen LogP contribution in [0.4, 0.5) is 38.0 Å². The van der Waals surface area contributed by atoms with Gasteiger partial charge >= 0.3 is 6.09 Å². The third-order valence-electron chi connectivity index (χ3n) is 5.50. The smallest absolute Gasteiger partial charge is 0.414 e. The fraction of sp³-hybridized carbons (Fsp3) is 0.280. The first kappa shape index (κ1) is 26.9. The zero-order valence-electron chi connectivity index (χ0n) is 20.7. The summed E-state index contributed by atoms with van der Waals surface area (Å²) in [6, 6.07) is 9.29. The molecular formula is C25H26ClFN6O5. The molecule has 3 aromatic rings. The van der Waals surface area contributed by atoms with Crippen molar-refractivity contribution in [3.63, 3.8) is 0 Å². The lowest BCUT2D eigenvalue weighted by Crippen LogP contribution is -2.32. The van der Waals surface area contributed by atoms with Crippen LogP contribution < -0.4 is 25.6 Å². The Morgan fingerprint density at radius 2 is 2.05 bits per heavy atom. The van der Waals surface area contributed by atoms with E-state index in [4.69, 9.17) is 25.8 Å². The van der Waals surface area contributed by atoms with Gasteiger partial charge in [0.1, 0.15) is 23.2 Å². The maximum Gasteiger partial charge on any atom is 0.414 e. The summed E-state index contributed by atoms with van der Waals surface area (Å²) in [5.41, 5.74) is 1.15. The summed E-state index contributed by atoms with van der Waals surface area (Å²) in [4.78, 5) is 34.8. The molecule has 0 spiro atoms. The van der Waals surface area contributed by atoms with E-state index in [1.54, 1.807) is 18.2 Å². The molecule has 38 heavy (non-hydrogen) atoms. The van der Waals surface area contributed by atoms with Crippen molar-refractivity contribution >= 4 is 52.4 Å². The molecule has 0 saturated carbocycles. The maximum absolute atomic E-state index is 14.6. The van der Waals surface area contributed by atoms with Crippen LogP contribution in [0.3, 0.4) is 0 Å². The number of nitrogens with one attached hydrogen (secondary N) is 3. The molecule has 2 aromatic carbocycles. The van der Waals surface area contributed by atoms with Gasteiger partial charge in [-0.2, -0.15) is 4.98 Å². The minimum Gasteiger partial charge on any atom is -0.491 e. The molecule has 0 aliphatic carbocycles. The molecule has 0 bridgehead atoms. The Bertz CT molecular complexity index is 1330. The van der Waals surface area contributed by atoms with Gasteiger partial charge in [-0.05, 0) is 30.7 Å². The van der Waals surface area contributed by atoms with Crippen molar-refractivity contribution in [1.29, 1.82) is 0 Å². The zero-order valence-corrected chi connectivity index (χ0v) is 21.5. The average molecular weight is 545 g/mol. The second-order valence-corrected chi connectivity index (χ2v) is 8.43. The topological polar surface area (TPSA) is 127 Å². The number of amides is 2. The number of methoxy groups -OCH3 is 1. The van der Waals surface area contributed by atoms with Crippen LogP contribution in [0.25, 0.3) is 0 Å². The summed E-state index contributed by atoms with van der Waals surface area (Å²) < 4.78 is 30.6. The number of carbonyl (C=O) groups is 2. The Morgan fingerprint density at radius 1 is 1.21 bits per heavy atom. The molecular weight excluding hydrogens is 519 g/mol. The molecule has 4 rings (SSSR count). The van der Waals surface area contributed by atoms with Gasteiger partial charge in [0.25, 0.3) is 5.91 Å². The highest BCUT2D eigenvalue weighted by molar-refractivity contribution is 6.33. The minimum atomic E-state index is -0.650. The number of para-hydroxylation sites is 1. The number of anilines is 5. The third-order valence-corrected chi connectivity index (χ3v) is 5.77. The lowest BCUT2D eigenvalue weighted by molar-refractivity contribution is 0.0963. The molecule has 11 nitrogen and oxygen atoms in total. The lowest BCUT2D eigenvalue weighted by atomic mass is 10.1. The molecule has 13 heteroatoms. The first-order valence-corrected chi connectivity index (χ1v) is 12.1. The minimum absolute atomic E-state index is 0.0747. The summed E-state index contributed by atoms with van der Waals surface area (Å²) >= 11 is 6.26. The fourth-order valence-electron chi connectivity index (χ4n) is 3.67. The van der Waals surface area contributed by atoms with Crippen LogP contribution >= 0.6 is 11.6 Å². The Kier molecular flexibility index (Phi) is 8.77. The molecule has 0 unspecified atom stereocenters. The Labute approximate surface area is 223 Å². The highest BCUT2D eigenvalue weighted by atomic mass is 35.5. The molecule has 3 N–H and O–H groups in total. The molecule has 1 aromatic heterocycles. The van der Waals surface area contributed by atoms with Gasteiger partial charge < -0.3 is 30.2 Å². The first-order valence-electron chi connectivity index (χ1n) is 11.7. The van der Waals surface area contributed by atoms with E-state index in [0.717, 1.165) is 0 Å². The molecule has 200 valence electrons. The van der Waals surface area contributed by atoms with Crippen LogP contribution in [0, 0.1) is 5.82 Å². The molecule has 1 aliphatic heterocycles. The first-order chi connectivity index (χ1) is 18.4. The summed E-state index contributed by atoms with van der Waals surface area (Å²) in [5.74, 6) is -0.403. The van der Waals surface area contributed by atoms with Crippen LogP contribution in [-0.2, 0) is 9.47 Å². The number of aromatic nitrogens is 2. The number of ether oxygens (including phenoxy) is 3. The van der Waals surface area contributed by atoms with Gasteiger partial charge in [0.05, 0.1) is 36.3 Å². The number of hydrogen-bond acceptors (Lipinski definition) is 9. The fourth-order valence-corrected chi connectivity index (χ4v) is 3.81. The number of hydrogen-bond donors (Lipinski definition) is 3. The predicted molar refractivity (Wildman–Crippen MR) is 141 cm³/mol. The SMILES string of the molecule is CNC(=O)c1cccc(F)c1Nc1nc(Nc2ccc3c(c2)OCCCN3C(=O)OCCOC)ncc1Cl. The molecule has 0 radical (unpaired) electrons. The second-order valence-electron chi connectivity index (χ2n) is 8.02. The highest BCUT2D eigenvalue weighted by Gasteiger charge is 2.24. The van der Waals surface area contributed by atoms with Crippen molar-refractivity contribution in [2.24, 2.45) is 0 Å². The predicted octanol–water partition coefficient (Wildman–Crippen LogP) is 4.49. The van der Waals surface area contributed by atoms with Crippen molar-refractivity contribution in [2.75, 3.05) is 56.1 Å². The Hall–Kier alpha value is -4.16. The Balaban J connectivity index is 1.56. The van der Waals surface area contributed by atoms with E-state index in [9.17, 15) is 14.0 Å². The van der Waals surface area contributed by atoms with Crippen LogP contribution in [0.1, 0.15) is 16.8 Å². The molecule has 2 amide bonds. The normalized spacial score (nSPS) is 12.6. The van der Waals surface area contributed by atoms with E-state index in [1.165, 1.54) is 43.5 Å². The van der Waals surface area contributed by atoms with Gasteiger partial charge in [0, 0.05) is 32.5 Å². The van der Waals surface area contributed by atoms with Crippen molar-refractivity contribution < 1.29 is 28.2 Å². The van der Waals surface area contributed by atoms with E-state index >= 15 is 0 Å². The summed E-state index contributed by atoms with van der Waals surface area (Å²) in [6.07, 6.45) is 1.48. The monoisotopic (exact) mass is 544 g/mol. The molecule has 2 heterocycles. The van der Waals surface area contributed by atoms with Crippen molar-refractivity contribution in [2.45, 2.75) is 6.42 Å². The van der Waals surface area contributed by atoms with E-state index in [-0.39, 0.29) is 34.6 Å². The highest BCUT2D eigenvalue weighted by Crippen LogP contribution is 2.35. The standard InChI is InChI=1S/C25H26ClFN6O5/c1-28-23(34)16-5-3-6-18(27)21(16)31-22-17(26)14-29-24(32-22)30-15-7-8-19-20(13-15)37-10-4-9-33(19)25(35)38-12-11-36-2/h3,5-8,13-14H,4,9-12H2,1-2H3,(H,28,34)(H2,29,30,31,32). The number of halogens is 2. The summed E-state index contributed by atoms with van der Waals surface area (Å²) in [6.45, 7) is 1.30. The van der Waals surface area contributed by atoms with Crippen molar-refractivity contribution in [3.8, 4) is 5.75 Å². The second kappa shape index (κ2) is 12.4. The van der Waals surface area contributed by atoms with Crippen LogP contribution in [0.5, 0.6) is 5.75 Å². The van der Waals surface area contributed by atoms with Gasteiger partial charge in [-0.3, -0.25) is 9.69 Å². The van der Waals surface area contributed by atoms with Gasteiger partial charge in [0.2, 0.25) is 5.95 Å². The van der Waals surface area contributed by atoms with E-state index in [0.29, 0.717) is 43.3 Å². The van der Waals surface area contributed by atoms with Crippen LogP contribution in [-0.4, -0.2) is 62.5 Å². The molecule has 0 saturated heterocycles. The zero-order chi connectivity index (χ0) is 27.1. The number of fused-ring (bicyclic) bond motifs is 1. The van der Waals surface area contributed by atoms with E-state index in [1.807, 2.05) is 0 Å². The third kappa shape index (κ3) is 6.21. The maximum atomic E-state index is 14.6. The number of nitrogens with zero attached hydrogens (tertiary/aromatic N) is 3. The van der Waals surface area contributed by atoms with Crippen LogP contribution in [0.15, 0.2) is 42.6 Å².